The fraction of sp³-hybridized carbons (Fsp3) is 0.600. The number of hydrogen-bond acceptors (Lipinski definition) is 4. The van der Waals surface area contributed by atoms with Gasteiger partial charge in [-0.15, -0.1) is 0 Å². The van der Waals surface area contributed by atoms with Crippen LogP contribution in [0.1, 0.15) is 32.8 Å². The lowest BCUT2D eigenvalue weighted by Crippen LogP contribution is -2.28. The first kappa shape index (κ1) is 15.8. The molecule has 2 N–H and O–H groups in total. The number of aliphatic hydroxyl groups excluding tert-OH is 1. The molecule has 0 saturated heterocycles. The van der Waals surface area contributed by atoms with Crippen LogP contribution in [-0.4, -0.2) is 31.0 Å². The average molecular weight is 267 g/mol. The van der Waals surface area contributed by atoms with Gasteiger partial charge < -0.3 is 19.9 Å². The van der Waals surface area contributed by atoms with Gasteiger partial charge in [-0.25, -0.2) is 0 Å². The first-order valence-corrected chi connectivity index (χ1v) is 6.78. The Morgan fingerprint density at radius 3 is 2.58 bits per heavy atom. The number of methoxy groups -OCH3 is 1. The summed E-state index contributed by atoms with van der Waals surface area (Å²) in [7, 11) is 1.64. The molecule has 4 heteroatoms. The van der Waals surface area contributed by atoms with Crippen molar-refractivity contribution >= 4 is 0 Å². The molecule has 0 radical (unpaired) electrons. The molecule has 2 atom stereocenters. The van der Waals surface area contributed by atoms with Crippen molar-refractivity contribution in [1.82, 2.24) is 5.32 Å². The summed E-state index contributed by atoms with van der Waals surface area (Å²) in [6, 6.07) is 6.21. The molecule has 1 aromatic carbocycles. The molecule has 0 amide bonds. The van der Waals surface area contributed by atoms with Gasteiger partial charge in [-0.3, -0.25) is 0 Å². The zero-order chi connectivity index (χ0) is 14.3. The lowest BCUT2D eigenvalue weighted by atomic mass is 10.1. The zero-order valence-electron chi connectivity index (χ0n) is 12.3. The second-order valence-electron chi connectivity index (χ2n) is 4.78. The Morgan fingerprint density at radius 1 is 1.26 bits per heavy atom. The quantitative estimate of drug-likeness (QED) is 0.759. The Balaban J connectivity index is 2.59. The van der Waals surface area contributed by atoms with Gasteiger partial charge >= 0.3 is 0 Å². The normalized spacial score (nSPS) is 13.9. The molecule has 2 unspecified atom stereocenters. The summed E-state index contributed by atoms with van der Waals surface area (Å²) in [6.07, 6.45) is 0.464. The number of ether oxygens (including phenoxy) is 2. The maximum Gasteiger partial charge on any atom is 0.161 e. The number of benzene rings is 1. The molecule has 0 aliphatic heterocycles. The summed E-state index contributed by atoms with van der Waals surface area (Å²) in [4.78, 5) is 0. The van der Waals surface area contributed by atoms with Gasteiger partial charge in [0.1, 0.15) is 0 Å². The number of aliphatic hydroxyl groups is 1. The van der Waals surface area contributed by atoms with Crippen molar-refractivity contribution in [2.45, 2.75) is 45.9 Å². The highest BCUT2D eigenvalue weighted by atomic mass is 16.5. The van der Waals surface area contributed by atoms with Crippen LogP contribution in [0.25, 0.3) is 0 Å². The Bertz CT molecular complexity index is 380. The monoisotopic (exact) mass is 267 g/mol. The van der Waals surface area contributed by atoms with E-state index in [2.05, 4.69) is 12.2 Å². The lowest BCUT2D eigenvalue weighted by molar-refractivity contribution is 0.170. The molecular weight excluding hydrogens is 242 g/mol. The van der Waals surface area contributed by atoms with Crippen LogP contribution in [0.3, 0.4) is 0 Å². The highest BCUT2D eigenvalue weighted by Crippen LogP contribution is 2.27. The van der Waals surface area contributed by atoms with E-state index in [0.29, 0.717) is 6.61 Å². The van der Waals surface area contributed by atoms with E-state index in [1.165, 1.54) is 0 Å². The van der Waals surface area contributed by atoms with Crippen LogP contribution in [0.5, 0.6) is 11.5 Å². The van der Waals surface area contributed by atoms with Crippen molar-refractivity contribution in [3.63, 3.8) is 0 Å². The van der Waals surface area contributed by atoms with Crippen LogP contribution >= 0.6 is 0 Å². The Labute approximate surface area is 115 Å². The number of nitrogens with one attached hydrogen (secondary N) is 1. The SMILES string of the molecule is CCOc1ccc(CNC(C)CC(C)O)cc1OC. The van der Waals surface area contributed by atoms with Crippen molar-refractivity contribution in [1.29, 1.82) is 0 Å². The van der Waals surface area contributed by atoms with E-state index in [9.17, 15) is 5.11 Å². The topological polar surface area (TPSA) is 50.7 Å². The second kappa shape index (κ2) is 8.02. The third kappa shape index (κ3) is 5.49. The molecular formula is C15H25NO3. The van der Waals surface area contributed by atoms with Crippen LogP contribution in [0, 0.1) is 0 Å². The van der Waals surface area contributed by atoms with Gasteiger partial charge in [0.25, 0.3) is 0 Å². The molecule has 1 aromatic rings. The van der Waals surface area contributed by atoms with Gasteiger partial charge in [0.15, 0.2) is 11.5 Å². The van der Waals surface area contributed by atoms with Gasteiger partial charge in [-0.05, 0) is 44.9 Å². The molecule has 4 nitrogen and oxygen atoms in total. The first-order chi connectivity index (χ1) is 9.06. The van der Waals surface area contributed by atoms with Gasteiger partial charge in [0.05, 0.1) is 19.8 Å². The van der Waals surface area contributed by atoms with E-state index >= 15 is 0 Å². The number of rotatable bonds is 8. The molecule has 0 spiro atoms. The third-order valence-corrected chi connectivity index (χ3v) is 2.88. The summed E-state index contributed by atoms with van der Waals surface area (Å²) in [5, 5.41) is 12.7. The minimum Gasteiger partial charge on any atom is -0.493 e. The molecule has 0 heterocycles. The molecule has 1 rings (SSSR count). The summed E-state index contributed by atoms with van der Waals surface area (Å²) in [5.41, 5.74) is 1.14. The lowest BCUT2D eigenvalue weighted by Gasteiger charge is -2.16. The summed E-state index contributed by atoms with van der Waals surface area (Å²) in [6.45, 7) is 7.19. The highest BCUT2D eigenvalue weighted by Gasteiger charge is 2.08. The van der Waals surface area contributed by atoms with Crippen LogP contribution in [0.2, 0.25) is 0 Å². The van der Waals surface area contributed by atoms with Gasteiger partial charge in [0.2, 0.25) is 0 Å². The van der Waals surface area contributed by atoms with Crippen molar-refractivity contribution in [3.05, 3.63) is 23.8 Å². The van der Waals surface area contributed by atoms with Gasteiger partial charge in [-0.2, -0.15) is 0 Å². The van der Waals surface area contributed by atoms with Gasteiger partial charge in [0, 0.05) is 12.6 Å². The minimum absolute atomic E-state index is 0.276. The molecule has 0 bridgehead atoms. The summed E-state index contributed by atoms with van der Waals surface area (Å²) >= 11 is 0. The average Bonchev–Trinajstić information content (AvgIpc) is 2.37. The van der Waals surface area contributed by atoms with Crippen LogP contribution < -0.4 is 14.8 Å². The summed E-state index contributed by atoms with van der Waals surface area (Å²) < 4.78 is 10.8. The molecule has 0 saturated carbocycles. The van der Waals surface area contributed by atoms with E-state index in [1.807, 2.05) is 25.1 Å². The molecule has 0 aromatic heterocycles. The number of hydrogen-bond donors (Lipinski definition) is 2. The van der Waals surface area contributed by atoms with E-state index in [-0.39, 0.29) is 12.1 Å². The second-order valence-corrected chi connectivity index (χ2v) is 4.78. The molecule has 0 aliphatic carbocycles. The molecule has 0 aliphatic rings. The van der Waals surface area contributed by atoms with Crippen LogP contribution in [0.15, 0.2) is 18.2 Å². The molecule has 19 heavy (non-hydrogen) atoms. The molecule has 0 fully saturated rings. The maximum atomic E-state index is 9.32. The largest absolute Gasteiger partial charge is 0.493 e. The minimum atomic E-state index is -0.280. The van der Waals surface area contributed by atoms with Crippen molar-refractivity contribution in [2.24, 2.45) is 0 Å². The Morgan fingerprint density at radius 2 is 2.00 bits per heavy atom. The fourth-order valence-electron chi connectivity index (χ4n) is 1.98. The molecule has 108 valence electrons. The van der Waals surface area contributed by atoms with Crippen LogP contribution in [-0.2, 0) is 6.54 Å². The van der Waals surface area contributed by atoms with Crippen molar-refractivity contribution in [2.75, 3.05) is 13.7 Å². The van der Waals surface area contributed by atoms with E-state index in [4.69, 9.17) is 9.47 Å². The van der Waals surface area contributed by atoms with E-state index < -0.39 is 0 Å². The Hall–Kier alpha value is -1.26. The third-order valence-electron chi connectivity index (χ3n) is 2.88. The zero-order valence-corrected chi connectivity index (χ0v) is 12.3. The smallest absolute Gasteiger partial charge is 0.161 e. The van der Waals surface area contributed by atoms with Crippen LogP contribution in [0.4, 0.5) is 0 Å². The van der Waals surface area contributed by atoms with Gasteiger partial charge in [-0.1, -0.05) is 6.07 Å². The van der Waals surface area contributed by atoms with Crippen molar-refractivity contribution < 1.29 is 14.6 Å². The predicted octanol–water partition coefficient (Wildman–Crippen LogP) is 2.34. The van der Waals surface area contributed by atoms with E-state index in [0.717, 1.165) is 30.0 Å². The highest BCUT2D eigenvalue weighted by molar-refractivity contribution is 5.42. The summed E-state index contributed by atoms with van der Waals surface area (Å²) in [5.74, 6) is 1.52. The first-order valence-electron chi connectivity index (χ1n) is 6.78. The Kier molecular flexibility index (Phi) is 6.67. The van der Waals surface area contributed by atoms with Crippen molar-refractivity contribution in [3.8, 4) is 11.5 Å². The predicted molar refractivity (Wildman–Crippen MR) is 76.8 cm³/mol. The standard InChI is InChI=1S/C15H25NO3/c1-5-19-14-7-6-13(9-15(14)18-4)10-16-11(2)8-12(3)17/h6-7,9,11-12,16-17H,5,8,10H2,1-4H3. The maximum absolute atomic E-state index is 9.32. The van der Waals surface area contributed by atoms with E-state index in [1.54, 1.807) is 14.0 Å². The fourth-order valence-corrected chi connectivity index (χ4v) is 1.98.